The monoisotopic (exact) mass is 225 g/mol. The first-order valence-electron chi connectivity index (χ1n) is 4.83. The Kier molecular flexibility index (Phi) is 3.81. The Labute approximate surface area is 92.9 Å². The Bertz CT molecular complexity index is 360. The van der Waals surface area contributed by atoms with E-state index < -0.39 is 5.91 Å². The van der Waals surface area contributed by atoms with Crippen molar-refractivity contribution in [2.45, 2.75) is 13.3 Å². The lowest BCUT2D eigenvalue weighted by molar-refractivity contribution is -0.116. The Morgan fingerprint density at radius 2 is 1.81 bits per heavy atom. The lowest BCUT2D eigenvalue weighted by atomic mass is 10.4. The van der Waals surface area contributed by atoms with E-state index in [0.29, 0.717) is 6.54 Å². The van der Waals surface area contributed by atoms with E-state index in [1.54, 1.807) is 4.90 Å². The van der Waals surface area contributed by atoms with Gasteiger partial charge in [-0.2, -0.15) is 15.0 Å². The number of carbonyl (C=O) groups excluding carboxylic acids is 1. The molecule has 1 aromatic heterocycles. The van der Waals surface area contributed by atoms with Gasteiger partial charge in [-0.25, -0.2) is 0 Å². The number of anilines is 3. The van der Waals surface area contributed by atoms with Crippen molar-refractivity contribution in [2.24, 2.45) is 5.73 Å². The molecule has 0 bridgehead atoms. The summed E-state index contributed by atoms with van der Waals surface area (Å²) in [6.07, 6.45) is 0.818. The molecule has 1 heterocycles. The molecule has 0 spiro atoms. The summed E-state index contributed by atoms with van der Waals surface area (Å²) in [5.74, 6) is -0.155. The third kappa shape index (κ3) is 3.23. The molecule has 0 saturated heterocycles. The van der Waals surface area contributed by atoms with E-state index in [4.69, 9.17) is 17.2 Å². The van der Waals surface area contributed by atoms with E-state index in [1.807, 2.05) is 6.92 Å². The number of rotatable bonds is 5. The number of carbonyl (C=O) groups is 1. The maximum absolute atomic E-state index is 10.9. The number of aromatic nitrogens is 3. The number of nitrogens with zero attached hydrogens (tertiary/aromatic N) is 4. The van der Waals surface area contributed by atoms with Crippen LogP contribution in [0, 0.1) is 0 Å². The summed E-state index contributed by atoms with van der Waals surface area (Å²) in [5.41, 5.74) is 16.0. The highest BCUT2D eigenvalue weighted by Gasteiger charge is 2.13. The van der Waals surface area contributed by atoms with Gasteiger partial charge < -0.3 is 22.1 Å². The summed E-state index contributed by atoms with van der Waals surface area (Å²) < 4.78 is 0. The molecule has 0 aliphatic heterocycles. The molecule has 88 valence electrons. The SMILES string of the molecule is CCCN(CC(N)=O)c1nc(N)nc(N)n1. The topological polar surface area (TPSA) is 137 Å². The summed E-state index contributed by atoms with van der Waals surface area (Å²) in [6, 6.07) is 0. The van der Waals surface area contributed by atoms with Crippen LogP contribution in [0.15, 0.2) is 0 Å². The van der Waals surface area contributed by atoms with E-state index >= 15 is 0 Å². The van der Waals surface area contributed by atoms with Crippen molar-refractivity contribution in [1.29, 1.82) is 0 Å². The molecule has 8 heteroatoms. The first-order valence-corrected chi connectivity index (χ1v) is 4.83. The predicted molar refractivity (Wildman–Crippen MR) is 60.4 cm³/mol. The minimum atomic E-state index is -0.467. The number of hydrogen-bond donors (Lipinski definition) is 3. The van der Waals surface area contributed by atoms with Crippen molar-refractivity contribution >= 4 is 23.8 Å². The van der Waals surface area contributed by atoms with Crippen molar-refractivity contribution in [2.75, 3.05) is 29.5 Å². The zero-order valence-electron chi connectivity index (χ0n) is 9.05. The van der Waals surface area contributed by atoms with Gasteiger partial charge in [0.2, 0.25) is 23.8 Å². The molecule has 0 fully saturated rings. The van der Waals surface area contributed by atoms with Crippen molar-refractivity contribution in [3.05, 3.63) is 0 Å². The molecule has 1 rings (SSSR count). The molecule has 1 amide bonds. The lowest BCUT2D eigenvalue weighted by Gasteiger charge is -2.20. The van der Waals surface area contributed by atoms with Crippen LogP contribution in [0.3, 0.4) is 0 Å². The molecule has 0 aliphatic carbocycles. The standard InChI is InChI=1S/C8H15N7O/c1-2-3-15(4-5(9)16)8-13-6(10)12-7(11)14-8/h2-4H2,1H3,(H2,9,16)(H4,10,11,12,13,14). The van der Waals surface area contributed by atoms with Crippen LogP contribution in [0.2, 0.25) is 0 Å². The van der Waals surface area contributed by atoms with Gasteiger partial charge in [-0.05, 0) is 6.42 Å². The van der Waals surface area contributed by atoms with E-state index in [2.05, 4.69) is 15.0 Å². The molecule has 0 atom stereocenters. The van der Waals surface area contributed by atoms with Crippen LogP contribution in [0.25, 0.3) is 0 Å². The second-order valence-corrected chi connectivity index (χ2v) is 3.24. The predicted octanol–water partition coefficient (Wildman–Crippen LogP) is -1.26. The fourth-order valence-corrected chi connectivity index (χ4v) is 1.25. The summed E-state index contributed by atoms with van der Waals surface area (Å²) in [6.45, 7) is 2.57. The summed E-state index contributed by atoms with van der Waals surface area (Å²) in [7, 11) is 0. The molecule has 1 aromatic rings. The van der Waals surface area contributed by atoms with E-state index in [-0.39, 0.29) is 24.4 Å². The summed E-state index contributed by atoms with van der Waals surface area (Å²) >= 11 is 0. The molecular weight excluding hydrogens is 210 g/mol. The molecule has 8 nitrogen and oxygen atoms in total. The van der Waals surface area contributed by atoms with Gasteiger partial charge in [0.25, 0.3) is 0 Å². The third-order valence-electron chi connectivity index (χ3n) is 1.78. The Balaban J connectivity index is 2.95. The number of primary amides is 1. The molecule has 0 unspecified atom stereocenters. The maximum atomic E-state index is 10.9. The molecule has 0 aliphatic rings. The Morgan fingerprint density at radius 1 is 1.25 bits per heavy atom. The number of amides is 1. The minimum Gasteiger partial charge on any atom is -0.368 e. The van der Waals surface area contributed by atoms with Crippen LogP contribution < -0.4 is 22.1 Å². The minimum absolute atomic E-state index is 0.0214. The number of nitrogen functional groups attached to an aromatic ring is 2. The zero-order chi connectivity index (χ0) is 12.1. The van der Waals surface area contributed by atoms with Crippen molar-refractivity contribution in [3.63, 3.8) is 0 Å². The van der Waals surface area contributed by atoms with Gasteiger partial charge in [-0.15, -0.1) is 0 Å². The first-order chi connectivity index (χ1) is 7.52. The van der Waals surface area contributed by atoms with Crippen LogP contribution in [0.1, 0.15) is 13.3 Å². The van der Waals surface area contributed by atoms with E-state index in [0.717, 1.165) is 6.42 Å². The third-order valence-corrected chi connectivity index (χ3v) is 1.78. The molecular formula is C8H15N7O. The fraction of sp³-hybridized carbons (Fsp3) is 0.500. The average molecular weight is 225 g/mol. The van der Waals surface area contributed by atoms with Gasteiger partial charge in [-0.3, -0.25) is 4.79 Å². The highest BCUT2D eigenvalue weighted by molar-refractivity contribution is 5.78. The van der Waals surface area contributed by atoms with Gasteiger partial charge in [0.1, 0.15) is 0 Å². The highest BCUT2D eigenvalue weighted by Crippen LogP contribution is 2.10. The Morgan fingerprint density at radius 3 is 2.25 bits per heavy atom. The van der Waals surface area contributed by atoms with Gasteiger partial charge in [-0.1, -0.05) is 6.92 Å². The molecule has 0 aromatic carbocycles. The molecule has 16 heavy (non-hydrogen) atoms. The average Bonchev–Trinajstić information content (AvgIpc) is 2.14. The van der Waals surface area contributed by atoms with Gasteiger partial charge >= 0.3 is 0 Å². The summed E-state index contributed by atoms with van der Waals surface area (Å²) in [4.78, 5) is 23.9. The van der Waals surface area contributed by atoms with E-state index in [9.17, 15) is 4.79 Å². The largest absolute Gasteiger partial charge is 0.368 e. The van der Waals surface area contributed by atoms with Crippen LogP contribution in [0.5, 0.6) is 0 Å². The van der Waals surface area contributed by atoms with E-state index in [1.165, 1.54) is 0 Å². The summed E-state index contributed by atoms with van der Waals surface area (Å²) in [5, 5.41) is 0. The molecule has 6 N–H and O–H groups in total. The second-order valence-electron chi connectivity index (χ2n) is 3.24. The zero-order valence-corrected chi connectivity index (χ0v) is 9.05. The molecule has 0 saturated carbocycles. The van der Waals surface area contributed by atoms with Crippen LogP contribution >= 0.6 is 0 Å². The maximum Gasteiger partial charge on any atom is 0.237 e. The van der Waals surface area contributed by atoms with Gasteiger partial charge in [0.15, 0.2) is 0 Å². The van der Waals surface area contributed by atoms with Gasteiger partial charge in [0.05, 0.1) is 6.54 Å². The first kappa shape index (κ1) is 12.0. The number of hydrogen-bond acceptors (Lipinski definition) is 7. The fourth-order valence-electron chi connectivity index (χ4n) is 1.25. The quantitative estimate of drug-likeness (QED) is 0.568. The van der Waals surface area contributed by atoms with Crippen LogP contribution in [-0.2, 0) is 4.79 Å². The van der Waals surface area contributed by atoms with Crippen LogP contribution in [-0.4, -0.2) is 33.9 Å². The number of nitrogens with two attached hydrogens (primary N) is 3. The van der Waals surface area contributed by atoms with Crippen molar-refractivity contribution in [3.8, 4) is 0 Å². The van der Waals surface area contributed by atoms with Crippen LogP contribution in [0.4, 0.5) is 17.8 Å². The van der Waals surface area contributed by atoms with Gasteiger partial charge in [0, 0.05) is 6.54 Å². The van der Waals surface area contributed by atoms with Crippen molar-refractivity contribution < 1.29 is 4.79 Å². The second kappa shape index (κ2) is 5.10. The smallest absolute Gasteiger partial charge is 0.237 e. The normalized spacial score (nSPS) is 10.1. The van der Waals surface area contributed by atoms with Crippen molar-refractivity contribution in [1.82, 2.24) is 15.0 Å². The Hall–Kier alpha value is -2.12. The molecule has 0 radical (unpaired) electrons. The highest BCUT2D eigenvalue weighted by atomic mass is 16.1. The lowest BCUT2D eigenvalue weighted by Crippen LogP contribution is -2.35.